The highest BCUT2D eigenvalue weighted by atomic mass is 32.1. The van der Waals surface area contributed by atoms with Crippen LogP contribution in [0.2, 0.25) is 0 Å². The van der Waals surface area contributed by atoms with E-state index in [1.165, 1.54) is 32.1 Å². The van der Waals surface area contributed by atoms with Crippen LogP contribution < -0.4 is 19.8 Å². The number of unbranched alkanes of at least 4 members (excludes halogenated alkanes) is 1. The third kappa shape index (κ3) is 6.72. The first-order valence-electron chi connectivity index (χ1n) is 13.6. The minimum absolute atomic E-state index is 0.0145. The molecule has 0 bridgehead atoms. The van der Waals surface area contributed by atoms with Gasteiger partial charge >= 0.3 is 0 Å². The molecular formula is C30H35F5N3O4S+. The molecule has 1 aliphatic rings. The molecule has 0 spiro atoms. The summed E-state index contributed by atoms with van der Waals surface area (Å²) in [6.45, 7) is 1.36. The van der Waals surface area contributed by atoms with Crippen LogP contribution in [0, 0.1) is 11.6 Å². The first kappa shape index (κ1) is 32.5. The number of ether oxygens (including phenoxy) is 3. The average molecular weight is 629 g/mol. The number of methoxy groups -OCH3 is 3. The Morgan fingerprint density at radius 3 is 2.37 bits per heavy atom. The number of aryl methyl sites for hydroxylation is 1. The monoisotopic (exact) mass is 628 g/mol. The Hall–Kier alpha value is -3.45. The van der Waals surface area contributed by atoms with Gasteiger partial charge in [-0.05, 0) is 42.7 Å². The fraction of sp³-hybridized carbons (Fsp3) is 0.433. The summed E-state index contributed by atoms with van der Waals surface area (Å²) in [5, 5.41) is 2.33. The minimum atomic E-state index is -2.20. The quantitative estimate of drug-likeness (QED) is 0.104. The molecule has 2 atom stereocenters. The largest absolute Gasteiger partial charge is 0.493 e. The van der Waals surface area contributed by atoms with Crippen LogP contribution in [0.25, 0.3) is 10.9 Å². The Bertz CT molecular complexity index is 1630. The molecular weight excluding hydrogens is 593 g/mol. The zero-order valence-electron chi connectivity index (χ0n) is 24.6. The van der Waals surface area contributed by atoms with Crippen LogP contribution in [-0.2, 0) is 13.1 Å². The molecule has 43 heavy (non-hydrogen) atoms. The van der Waals surface area contributed by atoms with Gasteiger partial charge in [-0.25, -0.2) is 22.0 Å². The molecule has 4 rings (SSSR count). The van der Waals surface area contributed by atoms with Gasteiger partial charge in [0.05, 0.1) is 52.6 Å². The number of allylic oxidation sites excluding steroid dienone is 3. The predicted molar refractivity (Wildman–Crippen MR) is 157 cm³/mol. The van der Waals surface area contributed by atoms with E-state index in [9.17, 15) is 26.7 Å². The molecule has 1 N–H and O–H groups in total. The lowest BCUT2D eigenvalue weighted by molar-refractivity contribution is -0.903. The van der Waals surface area contributed by atoms with Crippen LogP contribution in [0.1, 0.15) is 35.6 Å². The van der Waals surface area contributed by atoms with Crippen molar-refractivity contribution < 1.29 is 40.6 Å². The van der Waals surface area contributed by atoms with Crippen molar-refractivity contribution >= 4 is 23.5 Å². The van der Waals surface area contributed by atoms with Gasteiger partial charge in [-0.2, -0.15) is 12.6 Å². The lowest BCUT2D eigenvalue weighted by Gasteiger charge is -2.30. The van der Waals surface area contributed by atoms with Crippen LogP contribution in [0.3, 0.4) is 0 Å². The molecule has 0 saturated carbocycles. The molecule has 13 heteroatoms. The molecule has 7 nitrogen and oxygen atoms in total. The Balaban J connectivity index is 1.44. The number of thiol groups is 1. The maximum absolute atomic E-state index is 14.8. The standard InChI is InChI=1S/C30H34F5N3O4S/c1-38(2,9-7-6-8-37-30(39)19-14-23(40-3)27(41-4)28(42-5)26(19)36-37)15-16-10-18(24(34)20(31)11-16)29(43)17-12-21(32)25(35)22(33)13-17/h10-12,14,22,29,36H,6-9,13,15H2,1-5H3/p+1. The number of hydrogen-bond donors (Lipinski definition) is 2. The molecule has 1 aliphatic carbocycles. The van der Waals surface area contributed by atoms with Crippen molar-refractivity contribution in [3.63, 3.8) is 0 Å². The van der Waals surface area contributed by atoms with Gasteiger partial charge in [0.25, 0.3) is 5.56 Å². The van der Waals surface area contributed by atoms with E-state index < -0.39 is 41.1 Å². The number of quaternary nitrogens is 1. The molecule has 0 amide bonds. The molecule has 3 aromatic rings. The van der Waals surface area contributed by atoms with Gasteiger partial charge in [0.2, 0.25) is 5.75 Å². The van der Waals surface area contributed by atoms with Gasteiger partial charge < -0.3 is 18.7 Å². The van der Waals surface area contributed by atoms with Crippen molar-refractivity contribution in [2.45, 2.75) is 43.8 Å². The van der Waals surface area contributed by atoms with E-state index in [4.69, 9.17) is 14.2 Å². The SMILES string of the molecule is COc1cc2c(=O)n(CCCC[N+](C)(C)Cc3cc(F)c(F)c(C(S)C4=CC(F)=C(F)C(F)C4)c3)[nH]c2c(OC)c1OC. The third-order valence-corrected chi connectivity index (χ3v) is 8.16. The number of alkyl halides is 1. The number of benzene rings is 2. The Morgan fingerprint density at radius 1 is 1.05 bits per heavy atom. The third-order valence-electron chi connectivity index (χ3n) is 7.55. The van der Waals surface area contributed by atoms with Gasteiger partial charge in [0, 0.05) is 24.1 Å². The summed E-state index contributed by atoms with van der Waals surface area (Å²) in [7, 11) is 8.29. The number of aromatic nitrogens is 2. The van der Waals surface area contributed by atoms with E-state index in [0.29, 0.717) is 70.7 Å². The molecule has 1 aromatic heterocycles. The predicted octanol–water partition coefficient (Wildman–Crippen LogP) is 6.48. The fourth-order valence-electron chi connectivity index (χ4n) is 5.39. The molecule has 2 aromatic carbocycles. The Kier molecular flexibility index (Phi) is 9.85. The molecule has 234 valence electrons. The summed E-state index contributed by atoms with van der Waals surface area (Å²) in [5.74, 6) is -4.07. The maximum atomic E-state index is 14.8. The fourth-order valence-corrected chi connectivity index (χ4v) is 5.76. The highest BCUT2D eigenvalue weighted by Crippen LogP contribution is 2.42. The number of aromatic amines is 1. The summed E-state index contributed by atoms with van der Waals surface area (Å²) in [6, 6.07) is 4.12. The minimum Gasteiger partial charge on any atom is -0.493 e. The molecule has 2 unspecified atom stereocenters. The van der Waals surface area contributed by atoms with Crippen molar-refractivity contribution in [2.24, 2.45) is 0 Å². The van der Waals surface area contributed by atoms with E-state index in [-0.39, 0.29) is 16.7 Å². The highest BCUT2D eigenvalue weighted by Gasteiger charge is 2.30. The van der Waals surface area contributed by atoms with Crippen molar-refractivity contribution in [1.82, 2.24) is 9.78 Å². The lowest BCUT2D eigenvalue weighted by atomic mass is 9.93. The van der Waals surface area contributed by atoms with Gasteiger partial charge in [0.1, 0.15) is 12.1 Å². The number of fused-ring (bicyclic) bond motifs is 1. The molecule has 0 fully saturated rings. The zero-order valence-corrected chi connectivity index (χ0v) is 25.5. The molecule has 0 aliphatic heterocycles. The maximum Gasteiger partial charge on any atom is 0.274 e. The second-order valence-corrected chi connectivity index (χ2v) is 11.6. The van der Waals surface area contributed by atoms with E-state index in [2.05, 4.69) is 17.7 Å². The number of nitrogens with zero attached hydrogens (tertiary/aromatic N) is 2. The Morgan fingerprint density at radius 2 is 1.74 bits per heavy atom. The van der Waals surface area contributed by atoms with Gasteiger partial charge in [0.15, 0.2) is 41.0 Å². The van der Waals surface area contributed by atoms with E-state index in [1.807, 2.05) is 14.1 Å². The summed E-state index contributed by atoms with van der Waals surface area (Å²) in [5.41, 5.74) is 0.571. The lowest BCUT2D eigenvalue weighted by Crippen LogP contribution is -2.39. The number of halogens is 5. The van der Waals surface area contributed by atoms with Crippen molar-refractivity contribution in [3.05, 3.63) is 74.6 Å². The summed E-state index contributed by atoms with van der Waals surface area (Å²) in [4.78, 5) is 13.0. The van der Waals surface area contributed by atoms with Crippen LogP contribution in [0.5, 0.6) is 17.2 Å². The molecule has 1 heterocycles. The van der Waals surface area contributed by atoms with Crippen LogP contribution >= 0.6 is 12.6 Å². The van der Waals surface area contributed by atoms with E-state index in [0.717, 1.165) is 12.1 Å². The second kappa shape index (κ2) is 13.0. The van der Waals surface area contributed by atoms with Gasteiger partial charge in [-0.3, -0.25) is 14.6 Å². The van der Waals surface area contributed by atoms with Gasteiger partial charge in [-0.1, -0.05) is 0 Å². The number of nitrogens with one attached hydrogen (secondary N) is 1. The topological polar surface area (TPSA) is 65.5 Å². The summed E-state index contributed by atoms with van der Waals surface area (Å²) < 4.78 is 88.7. The highest BCUT2D eigenvalue weighted by molar-refractivity contribution is 7.80. The van der Waals surface area contributed by atoms with Crippen molar-refractivity contribution in [2.75, 3.05) is 42.0 Å². The van der Waals surface area contributed by atoms with Crippen LogP contribution in [0.4, 0.5) is 22.0 Å². The van der Waals surface area contributed by atoms with E-state index in [1.54, 1.807) is 6.07 Å². The van der Waals surface area contributed by atoms with E-state index >= 15 is 0 Å². The van der Waals surface area contributed by atoms with Crippen LogP contribution in [0.15, 0.2) is 46.3 Å². The van der Waals surface area contributed by atoms with Crippen molar-refractivity contribution in [3.8, 4) is 17.2 Å². The summed E-state index contributed by atoms with van der Waals surface area (Å²) >= 11 is 4.30. The average Bonchev–Trinajstić information content (AvgIpc) is 3.28. The number of H-pyrrole nitrogens is 1. The molecule has 0 radical (unpaired) electrons. The van der Waals surface area contributed by atoms with Crippen LogP contribution in [-0.4, -0.2) is 62.4 Å². The second-order valence-electron chi connectivity index (χ2n) is 11.1. The zero-order chi connectivity index (χ0) is 31.6. The van der Waals surface area contributed by atoms with Crippen molar-refractivity contribution in [1.29, 1.82) is 0 Å². The summed E-state index contributed by atoms with van der Waals surface area (Å²) in [6.07, 6.45) is -0.579. The molecule has 0 saturated heterocycles. The van der Waals surface area contributed by atoms with Gasteiger partial charge in [-0.15, -0.1) is 0 Å². The number of rotatable bonds is 12. The number of hydrogen-bond acceptors (Lipinski definition) is 5. The normalized spacial score (nSPS) is 16.4. The Labute approximate surface area is 251 Å². The smallest absolute Gasteiger partial charge is 0.274 e. The first-order chi connectivity index (χ1) is 20.3. The first-order valence-corrected chi connectivity index (χ1v) is 14.1.